The van der Waals surface area contributed by atoms with Gasteiger partial charge in [0.1, 0.15) is 5.75 Å². The Balaban J connectivity index is 1.49. The summed E-state index contributed by atoms with van der Waals surface area (Å²) >= 11 is 0. The molecule has 4 rings (SSSR count). The Kier molecular flexibility index (Phi) is 5.51. The number of methoxy groups -OCH3 is 1. The van der Waals surface area contributed by atoms with E-state index in [-0.39, 0.29) is 23.8 Å². The van der Waals surface area contributed by atoms with Gasteiger partial charge >= 0.3 is 5.97 Å². The van der Waals surface area contributed by atoms with Crippen LogP contribution in [0.5, 0.6) is 5.75 Å². The minimum atomic E-state index is -0.923. The van der Waals surface area contributed by atoms with Crippen molar-refractivity contribution in [2.75, 3.05) is 26.7 Å². The molecule has 0 spiro atoms. The molecule has 0 aromatic heterocycles. The lowest BCUT2D eigenvalue weighted by Gasteiger charge is -2.24. The van der Waals surface area contributed by atoms with E-state index in [4.69, 9.17) is 4.74 Å². The van der Waals surface area contributed by atoms with Crippen LogP contribution in [0.4, 0.5) is 0 Å². The summed E-state index contributed by atoms with van der Waals surface area (Å²) in [5, 5.41) is 9.47. The van der Waals surface area contributed by atoms with Gasteiger partial charge in [0.05, 0.1) is 24.6 Å². The molecule has 152 valence electrons. The highest BCUT2D eigenvalue weighted by Crippen LogP contribution is 2.34. The number of hydrogen-bond donors (Lipinski definition) is 3. The van der Waals surface area contributed by atoms with Crippen molar-refractivity contribution in [3.05, 3.63) is 65.2 Å². The van der Waals surface area contributed by atoms with Crippen LogP contribution in [0, 0.1) is 5.92 Å². The molecule has 2 aromatic carbocycles. The summed E-state index contributed by atoms with van der Waals surface area (Å²) in [6.07, 6.45) is 0.771. The van der Waals surface area contributed by atoms with Gasteiger partial charge in [-0.2, -0.15) is 0 Å². The lowest BCUT2D eigenvalue weighted by molar-refractivity contribution is -0.134. The average molecular weight is 395 g/mol. The number of hydrogen-bond acceptors (Lipinski definition) is 5. The Morgan fingerprint density at radius 1 is 1.17 bits per heavy atom. The monoisotopic (exact) mass is 395 g/mol. The van der Waals surface area contributed by atoms with Crippen molar-refractivity contribution in [1.82, 2.24) is 15.8 Å². The van der Waals surface area contributed by atoms with Gasteiger partial charge in [-0.1, -0.05) is 30.3 Å². The number of rotatable bonds is 5. The predicted octanol–water partition coefficient (Wildman–Crippen LogP) is 2.17. The molecule has 3 unspecified atom stereocenters. The number of nitrogens with zero attached hydrogens (tertiary/aromatic N) is 1. The highest BCUT2D eigenvalue weighted by atomic mass is 16.5. The molecule has 3 N–H and O–H groups in total. The lowest BCUT2D eigenvalue weighted by Crippen LogP contribution is -2.37. The van der Waals surface area contributed by atoms with Crippen molar-refractivity contribution in [2.24, 2.45) is 5.92 Å². The summed E-state index contributed by atoms with van der Waals surface area (Å²) < 4.78 is 5.31. The zero-order chi connectivity index (χ0) is 20.4. The quantitative estimate of drug-likeness (QED) is 0.719. The van der Waals surface area contributed by atoms with Crippen LogP contribution < -0.4 is 15.6 Å². The number of likely N-dealkylation sites (tertiary alicyclic amines) is 1. The third-order valence-corrected chi connectivity index (χ3v) is 5.88. The second-order valence-corrected chi connectivity index (χ2v) is 7.55. The Morgan fingerprint density at radius 3 is 2.79 bits per heavy atom. The van der Waals surface area contributed by atoms with Crippen LogP contribution in [-0.2, 0) is 4.79 Å². The molecule has 2 fully saturated rings. The Labute approximate surface area is 169 Å². The second kappa shape index (κ2) is 8.23. The summed E-state index contributed by atoms with van der Waals surface area (Å²) in [5.41, 5.74) is 8.46. The number of aromatic carboxylic acids is 1. The molecule has 7 heteroatoms. The number of carbonyl (C=O) groups is 2. The second-order valence-electron chi connectivity index (χ2n) is 7.55. The van der Waals surface area contributed by atoms with Gasteiger partial charge in [0.25, 0.3) is 0 Å². The van der Waals surface area contributed by atoms with Gasteiger partial charge in [-0.3, -0.25) is 10.2 Å². The molecule has 2 heterocycles. The fraction of sp³-hybridized carbons (Fsp3) is 0.364. The molecule has 2 aliphatic rings. The number of carboxylic acids is 1. The van der Waals surface area contributed by atoms with Crippen LogP contribution >= 0.6 is 0 Å². The van der Waals surface area contributed by atoms with Gasteiger partial charge in [-0.25, -0.2) is 10.2 Å². The molecule has 2 saturated heterocycles. The number of hydrazine groups is 1. The number of carboxylic acid groups (broad SMARTS) is 1. The van der Waals surface area contributed by atoms with Crippen molar-refractivity contribution in [3.63, 3.8) is 0 Å². The molecular formula is C22H25N3O4. The van der Waals surface area contributed by atoms with Crippen LogP contribution in [0.1, 0.15) is 39.9 Å². The Morgan fingerprint density at radius 2 is 2.00 bits per heavy atom. The third kappa shape index (κ3) is 3.83. The van der Waals surface area contributed by atoms with Crippen LogP contribution in [0.2, 0.25) is 0 Å². The Bertz CT molecular complexity index is 916. The largest absolute Gasteiger partial charge is 0.497 e. The van der Waals surface area contributed by atoms with Crippen LogP contribution in [0.3, 0.4) is 0 Å². The minimum Gasteiger partial charge on any atom is -0.497 e. The van der Waals surface area contributed by atoms with E-state index in [1.807, 2.05) is 41.3 Å². The molecule has 0 bridgehead atoms. The van der Waals surface area contributed by atoms with Gasteiger partial charge < -0.3 is 14.7 Å². The molecule has 1 amide bonds. The first-order valence-electron chi connectivity index (χ1n) is 9.82. The zero-order valence-electron chi connectivity index (χ0n) is 16.3. The summed E-state index contributed by atoms with van der Waals surface area (Å²) in [4.78, 5) is 26.7. The van der Waals surface area contributed by atoms with Crippen molar-refractivity contribution in [2.45, 2.75) is 18.4 Å². The van der Waals surface area contributed by atoms with Gasteiger partial charge in [-0.05, 0) is 35.7 Å². The fourth-order valence-corrected chi connectivity index (χ4v) is 4.37. The van der Waals surface area contributed by atoms with E-state index in [9.17, 15) is 14.7 Å². The highest BCUT2D eigenvalue weighted by molar-refractivity contribution is 5.89. The molecule has 3 atom stereocenters. The summed E-state index contributed by atoms with van der Waals surface area (Å²) in [6.45, 7) is 1.73. The number of benzene rings is 2. The molecule has 2 aromatic rings. The minimum absolute atomic E-state index is 0.0452. The third-order valence-electron chi connectivity index (χ3n) is 5.88. The zero-order valence-corrected chi connectivity index (χ0v) is 16.3. The van der Waals surface area contributed by atoms with E-state index >= 15 is 0 Å². The predicted molar refractivity (Wildman–Crippen MR) is 108 cm³/mol. The van der Waals surface area contributed by atoms with E-state index in [1.54, 1.807) is 19.2 Å². The first kappa shape index (κ1) is 19.4. The SMILES string of the molecule is COc1cccc(C2NNCC2C(=O)N2CCC(c3ccccc3C(=O)O)C2)c1. The van der Waals surface area contributed by atoms with Gasteiger partial charge in [-0.15, -0.1) is 0 Å². The first-order chi connectivity index (χ1) is 14.1. The highest BCUT2D eigenvalue weighted by Gasteiger charge is 2.39. The summed E-state index contributed by atoms with van der Waals surface area (Å²) in [7, 11) is 1.63. The first-order valence-corrected chi connectivity index (χ1v) is 9.82. The van der Waals surface area contributed by atoms with Crippen LogP contribution in [0.25, 0.3) is 0 Å². The van der Waals surface area contributed by atoms with Crippen molar-refractivity contribution < 1.29 is 19.4 Å². The average Bonchev–Trinajstić information content (AvgIpc) is 3.43. The maximum atomic E-state index is 13.3. The summed E-state index contributed by atoms with van der Waals surface area (Å²) in [5.74, 6) is -0.258. The molecular weight excluding hydrogens is 370 g/mol. The molecule has 0 aliphatic carbocycles. The molecule has 0 saturated carbocycles. The number of ether oxygens (including phenoxy) is 1. The van der Waals surface area contributed by atoms with Crippen molar-refractivity contribution >= 4 is 11.9 Å². The molecule has 29 heavy (non-hydrogen) atoms. The van der Waals surface area contributed by atoms with Crippen molar-refractivity contribution in [3.8, 4) is 5.75 Å². The van der Waals surface area contributed by atoms with Crippen LogP contribution in [-0.4, -0.2) is 48.6 Å². The number of nitrogens with one attached hydrogen (secondary N) is 2. The Hall–Kier alpha value is -2.90. The van der Waals surface area contributed by atoms with E-state index in [1.165, 1.54) is 0 Å². The molecule has 2 aliphatic heterocycles. The fourth-order valence-electron chi connectivity index (χ4n) is 4.37. The van der Waals surface area contributed by atoms with E-state index in [0.29, 0.717) is 25.2 Å². The van der Waals surface area contributed by atoms with Gasteiger partial charge in [0.2, 0.25) is 5.91 Å². The van der Waals surface area contributed by atoms with Gasteiger partial charge in [0.15, 0.2) is 0 Å². The van der Waals surface area contributed by atoms with Gasteiger partial charge in [0, 0.05) is 25.6 Å². The topological polar surface area (TPSA) is 90.9 Å². The standard InChI is InChI=1S/C22H25N3O4/c1-29-16-6-4-5-14(11-16)20-19(12-23-24-20)21(26)25-10-9-15(13-25)17-7-2-3-8-18(17)22(27)28/h2-8,11,15,19-20,23-24H,9-10,12-13H2,1H3,(H,27,28). The lowest BCUT2D eigenvalue weighted by atomic mass is 9.92. The van der Waals surface area contributed by atoms with E-state index in [2.05, 4.69) is 10.9 Å². The van der Waals surface area contributed by atoms with E-state index in [0.717, 1.165) is 23.3 Å². The maximum Gasteiger partial charge on any atom is 0.335 e. The number of amides is 1. The normalized spacial score (nSPS) is 23.9. The maximum absolute atomic E-state index is 13.3. The smallest absolute Gasteiger partial charge is 0.335 e. The number of carbonyl (C=O) groups excluding carboxylic acids is 1. The van der Waals surface area contributed by atoms with E-state index < -0.39 is 5.97 Å². The molecule has 7 nitrogen and oxygen atoms in total. The summed E-state index contributed by atoms with van der Waals surface area (Å²) in [6, 6.07) is 14.7. The molecule has 0 radical (unpaired) electrons. The van der Waals surface area contributed by atoms with Crippen molar-refractivity contribution in [1.29, 1.82) is 0 Å². The van der Waals surface area contributed by atoms with Crippen LogP contribution in [0.15, 0.2) is 48.5 Å².